The molecule has 2 aromatic carbocycles. The first kappa shape index (κ1) is 15.7. The largest absolute Gasteiger partial charge is 0.497 e. The van der Waals surface area contributed by atoms with Crippen molar-refractivity contribution in [1.29, 1.82) is 0 Å². The van der Waals surface area contributed by atoms with Crippen LogP contribution >= 0.6 is 15.9 Å². The first-order chi connectivity index (χ1) is 11.1. The summed E-state index contributed by atoms with van der Waals surface area (Å²) in [5.41, 5.74) is 1.62. The van der Waals surface area contributed by atoms with Crippen molar-refractivity contribution in [2.24, 2.45) is 0 Å². The van der Waals surface area contributed by atoms with Crippen molar-refractivity contribution < 1.29 is 19.0 Å². The lowest BCUT2D eigenvalue weighted by Gasteiger charge is -2.23. The molecule has 2 aromatic rings. The van der Waals surface area contributed by atoms with Gasteiger partial charge in [-0.2, -0.15) is 0 Å². The van der Waals surface area contributed by atoms with E-state index in [4.69, 9.17) is 14.2 Å². The molecule has 1 heterocycles. The van der Waals surface area contributed by atoms with Crippen LogP contribution in [0.2, 0.25) is 0 Å². The molecular weight excluding hydrogens is 362 g/mol. The van der Waals surface area contributed by atoms with E-state index in [0.29, 0.717) is 23.7 Å². The first-order valence-corrected chi connectivity index (χ1v) is 7.85. The van der Waals surface area contributed by atoms with Gasteiger partial charge in [0.2, 0.25) is 0 Å². The highest BCUT2D eigenvalue weighted by molar-refractivity contribution is 9.10. The minimum atomic E-state index is -0.124. The Morgan fingerprint density at radius 3 is 2.70 bits per heavy atom. The van der Waals surface area contributed by atoms with Crippen LogP contribution < -0.4 is 19.1 Å². The van der Waals surface area contributed by atoms with Crippen molar-refractivity contribution in [2.75, 3.05) is 25.7 Å². The van der Waals surface area contributed by atoms with Crippen molar-refractivity contribution in [3.05, 3.63) is 46.4 Å². The monoisotopic (exact) mass is 377 g/mol. The van der Waals surface area contributed by atoms with Gasteiger partial charge in [-0.05, 0) is 30.3 Å². The molecule has 0 aromatic heterocycles. The van der Waals surface area contributed by atoms with Crippen molar-refractivity contribution in [2.45, 2.75) is 6.54 Å². The highest BCUT2D eigenvalue weighted by atomic mass is 79.9. The fraction of sp³-hybridized carbons (Fsp3) is 0.235. The predicted octanol–water partition coefficient (Wildman–Crippen LogP) is 3.39. The van der Waals surface area contributed by atoms with Crippen molar-refractivity contribution in [3.63, 3.8) is 0 Å². The molecule has 1 aliphatic heterocycles. The molecule has 0 unspecified atom stereocenters. The van der Waals surface area contributed by atoms with E-state index >= 15 is 0 Å². The van der Waals surface area contributed by atoms with Crippen LogP contribution in [-0.2, 0) is 11.3 Å². The lowest BCUT2D eigenvalue weighted by atomic mass is 10.1. The number of halogens is 1. The molecule has 1 amide bonds. The van der Waals surface area contributed by atoms with Crippen molar-refractivity contribution in [3.8, 4) is 17.2 Å². The van der Waals surface area contributed by atoms with Gasteiger partial charge in [-0.25, -0.2) is 0 Å². The molecule has 0 fully saturated rings. The molecule has 3 rings (SSSR count). The zero-order valence-electron chi connectivity index (χ0n) is 12.8. The Kier molecular flexibility index (Phi) is 4.43. The number of hydrogen-bond donors (Lipinski definition) is 0. The summed E-state index contributed by atoms with van der Waals surface area (Å²) < 4.78 is 17.2. The molecule has 0 bridgehead atoms. The Balaban J connectivity index is 2.03. The number of amides is 1. The predicted molar refractivity (Wildman–Crippen MR) is 90.4 cm³/mol. The minimum Gasteiger partial charge on any atom is -0.497 e. The third kappa shape index (κ3) is 3.12. The summed E-state index contributed by atoms with van der Waals surface area (Å²) in [6, 6.07) is 11.1. The van der Waals surface area contributed by atoms with Gasteiger partial charge in [-0.1, -0.05) is 15.9 Å². The summed E-state index contributed by atoms with van der Waals surface area (Å²) in [5.74, 6) is 1.85. The fourth-order valence-electron chi connectivity index (χ4n) is 2.52. The van der Waals surface area contributed by atoms with Gasteiger partial charge in [0, 0.05) is 16.1 Å². The number of nitrogens with zero attached hydrogens (tertiary/aromatic N) is 1. The maximum atomic E-state index is 12.5. The van der Waals surface area contributed by atoms with Gasteiger partial charge in [0.05, 0.1) is 26.5 Å². The summed E-state index contributed by atoms with van der Waals surface area (Å²) in [6.07, 6.45) is 0. The van der Waals surface area contributed by atoms with E-state index in [-0.39, 0.29) is 12.5 Å². The normalized spacial score (nSPS) is 13.9. The topological polar surface area (TPSA) is 48.0 Å². The molecule has 1 aliphatic rings. The average molecular weight is 378 g/mol. The quantitative estimate of drug-likeness (QED) is 0.822. The number of rotatable bonds is 3. The number of benzene rings is 2. The summed E-state index contributed by atoms with van der Waals surface area (Å²) in [5, 5.41) is 0. The summed E-state index contributed by atoms with van der Waals surface area (Å²) >= 11 is 3.45. The van der Waals surface area contributed by atoms with E-state index in [1.807, 2.05) is 24.3 Å². The number of fused-ring (bicyclic) bond motifs is 1. The maximum absolute atomic E-state index is 12.5. The van der Waals surface area contributed by atoms with Crippen LogP contribution in [0.1, 0.15) is 5.56 Å². The molecule has 0 saturated carbocycles. The molecular formula is C17H16BrNO4. The van der Waals surface area contributed by atoms with E-state index in [0.717, 1.165) is 15.8 Å². The Morgan fingerprint density at radius 2 is 1.96 bits per heavy atom. The Labute approximate surface area is 142 Å². The second-order valence-electron chi connectivity index (χ2n) is 5.06. The smallest absolute Gasteiger partial charge is 0.265 e. The van der Waals surface area contributed by atoms with Gasteiger partial charge in [-0.3, -0.25) is 4.79 Å². The summed E-state index contributed by atoms with van der Waals surface area (Å²) in [4.78, 5) is 14.2. The fourth-order valence-corrected chi connectivity index (χ4v) is 2.92. The van der Waals surface area contributed by atoms with Gasteiger partial charge in [0.15, 0.2) is 6.61 Å². The highest BCUT2D eigenvalue weighted by Crippen LogP contribution is 2.36. The first-order valence-electron chi connectivity index (χ1n) is 7.06. The molecule has 120 valence electrons. The molecule has 5 nitrogen and oxygen atoms in total. The summed E-state index contributed by atoms with van der Waals surface area (Å²) in [7, 11) is 3.16. The van der Waals surface area contributed by atoms with Gasteiger partial charge < -0.3 is 19.1 Å². The van der Waals surface area contributed by atoms with Gasteiger partial charge >= 0.3 is 0 Å². The molecule has 0 saturated heterocycles. The van der Waals surface area contributed by atoms with Crippen LogP contribution in [0.15, 0.2) is 40.9 Å². The van der Waals surface area contributed by atoms with Crippen molar-refractivity contribution >= 4 is 27.5 Å². The van der Waals surface area contributed by atoms with Gasteiger partial charge in [0.1, 0.15) is 17.2 Å². The highest BCUT2D eigenvalue weighted by Gasteiger charge is 2.25. The maximum Gasteiger partial charge on any atom is 0.265 e. The zero-order valence-corrected chi connectivity index (χ0v) is 14.4. The SMILES string of the molecule is COc1ccc(N2Cc3cc(Br)ccc3OCC2=O)c(OC)c1. The van der Waals surface area contributed by atoms with Crippen LogP contribution in [0.3, 0.4) is 0 Å². The molecule has 0 aliphatic carbocycles. The molecule has 0 spiro atoms. The molecule has 23 heavy (non-hydrogen) atoms. The number of anilines is 1. The van der Waals surface area contributed by atoms with Crippen LogP contribution in [0.25, 0.3) is 0 Å². The lowest BCUT2D eigenvalue weighted by molar-refractivity contribution is -0.120. The van der Waals surface area contributed by atoms with E-state index in [2.05, 4.69) is 15.9 Å². The number of ether oxygens (including phenoxy) is 3. The standard InChI is InChI=1S/C17H16BrNO4/c1-21-13-4-5-14(16(8-13)22-2)19-9-11-7-12(18)3-6-15(11)23-10-17(19)20/h3-8H,9-10H2,1-2H3. The Bertz CT molecular complexity index is 747. The molecule has 6 heteroatoms. The third-order valence-corrected chi connectivity index (χ3v) is 4.17. The Morgan fingerprint density at radius 1 is 1.13 bits per heavy atom. The number of methoxy groups -OCH3 is 2. The summed E-state index contributed by atoms with van der Waals surface area (Å²) in [6.45, 7) is 0.403. The lowest BCUT2D eigenvalue weighted by Crippen LogP contribution is -2.32. The third-order valence-electron chi connectivity index (χ3n) is 3.68. The van der Waals surface area contributed by atoms with Gasteiger partial charge in [0.25, 0.3) is 5.91 Å². The second-order valence-corrected chi connectivity index (χ2v) is 5.97. The molecule has 0 atom stereocenters. The van der Waals surface area contributed by atoms with Crippen molar-refractivity contribution in [1.82, 2.24) is 0 Å². The molecule has 0 radical (unpaired) electrons. The van der Waals surface area contributed by atoms with E-state index < -0.39 is 0 Å². The average Bonchev–Trinajstić information content (AvgIpc) is 2.73. The van der Waals surface area contributed by atoms with E-state index in [1.165, 1.54) is 0 Å². The number of carbonyl (C=O) groups excluding carboxylic acids is 1. The van der Waals surface area contributed by atoms with E-state index in [1.54, 1.807) is 31.3 Å². The van der Waals surface area contributed by atoms with Crippen LogP contribution in [0.4, 0.5) is 5.69 Å². The minimum absolute atomic E-state index is 0.0101. The zero-order chi connectivity index (χ0) is 16.4. The van der Waals surface area contributed by atoms with Gasteiger partial charge in [-0.15, -0.1) is 0 Å². The number of carbonyl (C=O) groups is 1. The van der Waals surface area contributed by atoms with Crippen LogP contribution in [0, 0.1) is 0 Å². The number of hydrogen-bond acceptors (Lipinski definition) is 4. The van der Waals surface area contributed by atoms with Crippen LogP contribution in [-0.4, -0.2) is 26.7 Å². The Hall–Kier alpha value is -2.21. The van der Waals surface area contributed by atoms with Crippen LogP contribution in [0.5, 0.6) is 17.2 Å². The van der Waals surface area contributed by atoms with E-state index in [9.17, 15) is 4.79 Å². The second kappa shape index (κ2) is 6.50. The molecule has 0 N–H and O–H groups in total.